The molecule has 6 heteroatoms. The van der Waals surface area contributed by atoms with Gasteiger partial charge in [0, 0.05) is 12.7 Å². The van der Waals surface area contributed by atoms with Gasteiger partial charge in [0.2, 0.25) is 0 Å². The van der Waals surface area contributed by atoms with Crippen molar-refractivity contribution in [1.29, 1.82) is 0 Å². The van der Waals surface area contributed by atoms with E-state index in [4.69, 9.17) is 0 Å². The van der Waals surface area contributed by atoms with Gasteiger partial charge in [0.1, 0.15) is 0 Å². The lowest BCUT2D eigenvalue weighted by Gasteiger charge is -2.02. The normalized spacial score (nSPS) is 9.92. The second-order valence-corrected chi connectivity index (χ2v) is 2.42. The quantitative estimate of drug-likeness (QED) is 0.471. The zero-order valence-electron chi connectivity index (χ0n) is 7.43. The maximum Gasteiger partial charge on any atom is 0.319 e. The Hall–Kier alpha value is -1.43. The first kappa shape index (κ1) is 9.66. The van der Waals surface area contributed by atoms with Crippen LogP contribution < -0.4 is 5.32 Å². The molecule has 0 aliphatic carbocycles. The van der Waals surface area contributed by atoms with E-state index in [-0.39, 0.29) is 12.5 Å². The summed E-state index contributed by atoms with van der Waals surface area (Å²) in [5.74, 6) is -0.265. The van der Waals surface area contributed by atoms with Gasteiger partial charge in [-0.25, -0.2) is 0 Å². The summed E-state index contributed by atoms with van der Waals surface area (Å²) in [6.45, 7) is 1.58. The number of nitrogens with zero attached hydrogens (tertiary/aromatic N) is 3. The van der Waals surface area contributed by atoms with Gasteiger partial charge in [-0.1, -0.05) is 5.21 Å². The van der Waals surface area contributed by atoms with Gasteiger partial charge >= 0.3 is 5.97 Å². The minimum Gasteiger partial charge on any atom is -0.468 e. The topological polar surface area (TPSA) is 69.0 Å². The molecular weight excluding hydrogens is 172 g/mol. The largest absolute Gasteiger partial charge is 0.468 e. The Morgan fingerprint density at radius 2 is 2.54 bits per heavy atom. The summed E-state index contributed by atoms with van der Waals surface area (Å²) in [5, 5.41) is 10.3. The fourth-order valence-corrected chi connectivity index (χ4v) is 0.808. The number of rotatable bonds is 5. The van der Waals surface area contributed by atoms with Crippen molar-refractivity contribution >= 4 is 5.97 Å². The maximum absolute atomic E-state index is 10.7. The third-order valence-corrected chi connectivity index (χ3v) is 1.49. The molecule has 0 unspecified atom stereocenters. The molecule has 1 aromatic heterocycles. The van der Waals surface area contributed by atoms with E-state index in [0.717, 1.165) is 0 Å². The predicted octanol–water partition coefficient (Wildman–Crippen LogP) is -0.959. The minimum absolute atomic E-state index is 0.227. The van der Waals surface area contributed by atoms with E-state index in [2.05, 4.69) is 20.4 Å². The van der Waals surface area contributed by atoms with Crippen LogP contribution in [0.3, 0.4) is 0 Å². The number of carbonyl (C=O) groups is 1. The van der Waals surface area contributed by atoms with Crippen molar-refractivity contribution in [1.82, 2.24) is 20.3 Å². The van der Waals surface area contributed by atoms with Crippen LogP contribution in [0.25, 0.3) is 0 Å². The Morgan fingerprint density at radius 1 is 1.69 bits per heavy atom. The van der Waals surface area contributed by atoms with E-state index in [1.165, 1.54) is 7.11 Å². The van der Waals surface area contributed by atoms with Gasteiger partial charge in [0.15, 0.2) is 0 Å². The smallest absolute Gasteiger partial charge is 0.319 e. The highest BCUT2D eigenvalue weighted by Crippen LogP contribution is 1.78. The first-order valence-electron chi connectivity index (χ1n) is 3.94. The van der Waals surface area contributed by atoms with E-state index >= 15 is 0 Å². The number of hydrogen-bond acceptors (Lipinski definition) is 5. The van der Waals surface area contributed by atoms with Crippen LogP contribution in [0.15, 0.2) is 12.4 Å². The standard InChI is InChI=1S/C7H12N4O2/c1-13-7(12)6-8-2-4-11-5-3-9-10-11/h3,5,8H,2,4,6H2,1H3. The van der Waals surface area contributed by atoms with Crippen LogP contribution in [0, 0.1) is 0 Å². The number of carbonyl (C=O) groups excluding carboxylic acids is 1. The van der Waals surface area contributed by atoms with Gasteiger partial charge in [-0.15, -0.1) is 5.10 Å². The molecule has 1 aromatic rings. The SMILES string of the molecule is COC(=O)CNCCn1ccnn1. The lowest BCUT2D eigenvalue weighted by Crippen LogP contribution is -2.27. The molecule has 13 heavy (non-hydrogen) atoms. The van der Waals surface area contributed by atoms with Crippen molar-refractivity contribution in [3.05, 3.63) is 12.4 Å². The van der Waals surface area contributed by atoms with Crippen molar-refractivity contribution in [2.24, 2.45) is 0 Å². The van der Waals surface area contributed by atoms with Crippen molar-refractivity contribution in [2.75, 3.05) is 20.2 Å². The van der Waals surface area contributed by atoms with E-state index in [0.29, 0.717) is 13.1 Å². The minimum atomic E-state index is -0.265. The van der Waals surface area contributed by atoms with Gasteiger partial charge in [-0.3, -0.25) is 9.48 Å². The maximum atomic E-state index is 10.7. The zero-order valence-corrected chi connectivity index (χ0v) is 7.43. The number of ether oxygens (including phenoxy) is 1. The molecular formula is C7H12N4O2. The Bertz CT molecular complexity index is 247. The van der Waals surface area contributed by atoms with Crippen LogP contribution in [-0.4, -0.2) is 41.2 Å². The first-order valence-corrected chi connectivity index (χ1v) is 3.94. The van der Waals surface area contributed by atoms with Gasteiger partial charge < -0.3 is 10.1 Å². The molecule has 0 radical (unpaired) electrons. The molecule has 0 spiro atoms. The van der Waals surface area contributed by atoms with Crippen LogP contribution in [-0.2, 0) is 16.1 Å². The summed E-state index contributed by atoms with van der Waals surface area (Å²) >= 11 is 0. The van der Waals surface area contributed by atoms with Crippen LogP contribution in [0.1, 0.15) is 0 Å². The lowest BCUT2D eigenvalue weighted by molar-refractivity contribution is -0.139. The molecule has 0 bridgehead atoms. The van der Waals surface area contributed by atoms with Gasteiger partial charge in [0.05, 0.1) is 26.4 Å². The van der Waals surface area contributed by atoms with E-state index in [1.807, 2.05) is 0 Å². The third-order valence-electron chi connectivity index (χ3n) is 1.49. The molecule has 1 rings (SSSR count). The van der Waals surface area contributed by atoms with Crippen LogP contribution in [0.5, 0.6) is 0 Å². The molecule has 0 amide bonds. The van der Waals surface area contributed by atoms with Crippen molar-refractivity contribution in [3.63, 3.8) is 0 Å². The van der Waals surface area contributed by atoms with Gasteiger partial charge in [-0.05, 0) is 0 Å². The second kappa shape index (κ2) is 5.26. The molecule has 72 valence electrons. The average Bonchev–Trinajstić information content (AvgIpc) is 2.64. The van der Waals surface area contributed by atoms with Gasteiger partial charge in [0.25, 0.3) is 0 Å². The Morgan fingerprint density at radius 3 is 3.15 bits per heavy atom. The highest BCUT2D eigenvalue weighted by atomic mass is 16.5. The number of nitrogens with one attached hydrogen (secondary N) is 1. The average molecular weight is 184 g/mol. The summed E-state index contributed by atoms with van der Waals surface area (Å²) in [6, 6.07) is 0. The summed E-state index contributed by atoms with van der Waals surface area (Å²) in [6.07, 6.45) is 3.38. The van der Waals surface area contributed by atoms with Crippen LogP contribution >= 0.6 is 0 Å². The molecule has 1 heterocycles. The molecule has 0 aliphatic rings. The highest BCUT2D eigenvalue weighted by Gasteiger charge is 1.97. The third kappa shape index (κ3) is 3.66. The highest BCUT2D eigenvalue weighted by molar-refractivity contribution is 5.71. The molecule has 0 saturated carbocycles. The molecule has 0 aromatic carbocycles. The summed E-state index contributed by atoms with van der Waals surface area (Å²) in [5.41, 5.74) is 0. The monoisotopic (exact) mass is 184 g/mol. The number of aromatic nitrogens is 3. The molecule has 1 N–H and O–H groups in total. The summed E-state index contributed by atoms with van der Waals surface area (Å²) in [7, 11) is 1.36. The summed E-state index contributed by atoms with van der Waals surface area (Å²) < 4.78 is 6.14. The molecule has 0 saturated heterocycles. The molecule has 0 aliphatic heterocycles. The van der Waals surface area contributed by atoms with Crippen molar-refractivity contribution < 1.29 is 9.53 Å². The number of esters is 1. The second-order valence-electron chi connectivity index (χ2n) is 2.42. The molecule has 6 nitrogen and oxygen atoms in total. The predicted molar refractivity (Wildman–Crippen MR) is 44.9 cm³/mol. The van der Waals surface area contributed by atoms with Crippen LogP contribution in [0.4, 0.5) is 0 Å². The molecule has 0 atom stereocenters. The number of methoxy groups -OCH3 is 1. The fraction of sp³-hybridized carbons (Fsp3) is 0.571. The zero-order chi connectivity index (χ0) is 9.52. The summed E-state index contributed by atoms with van der Waals surface area (Å²) in [4.78, 5) is 10.7. The van der Waals surface area contributed by atoms with E-state index in [9.17, 15) is 4.79 Å². The first-order chi connectivity index (χ1) is 6.33. The van der Waals surface area contributed by atoms with Gasteiger partial charge in [-0.2, -0.15) is 0 Å². The Balaban J connectivity index is 2.05. The van der Waals surface area contributed by atoms with E-state index < -0.39 is 0 Å². The van der Waals surface area contributed by atoms with Crippen molar-refractivity contribution in [3.8, 4) is 0 Å². The van der Waals surface area contributed by atoms with Crippen LogP contribution in [0.2, 0.25) is 0 Å². The Labute approximate surface area is 75.9 Å². The number of hydrogen-bond donors (Lipinski definition) is 1. The molecule has 0 fully saturated rings. The lowest BCUT2D eigenvalue weighted by atomic mass is 10.5. The fourth-order valence-electron chi connectivity index (χ4n) is 0.808. The van der Waals surface area contributed by atoms with Crippen molar-refractivity contribution in [2.45, 2.75) is 6.54 Å². The Kier molecular flexibility index (Phi) is 3.90. The van der Waals surface area contributed by atoms with E-state index in [1.54, 1.807) is 17.1 Å².